The van der Waals surface area contributed by atoms with Gasteiger partial charge in [0.25, 0.3) is 5.91 Å². The molecule has 4 aromatic rings. The first-order valence-electron chi connectivity index (χ1n) is 14.0. The quantitative estimate of drug-likeness (QED) is 0.331. The minimum atomic E-state index is -1.03. The molecule has 3 amide bonds. The summed E-state index contributed by atoms with van der Waals surface area (Å²) in [5.41, 5.74) is 2.71. The Balaban J connectivity index is 0.000000195. The number of aromatic nitrogens is 4. The first-order valence-corrected chi connectivity index (χ1v) is 14.4. The molecule has 1 fully saturated rings. The third kappa shape index (κ3) is 6.90. The van der Waals surface area contributed by atoms with Gasteiger partial charge in [-0.2, -0.15) is 0 Å². The van der Waals surface area contributed by atoms with Crippen molar-refractivity contribution in [1.82, 2.24) is 35.1 Å². The van der Waals surface area contributed by atoms with E-state index in [0.29, 0.717) is 36.2 Å². The number of hydrogen-bond acceptors (Lipinski definition) is 9. The number of aromatic amines is 1. The summed E-state index contributed by atoms with van der Waals surface area (Å²) in [5.74, 6) is 0.727. The largest absolute Gasteiger partial charge is 0.497 e. The van der Waals surface area contributed by atoms with Crippen molar-refractivity contribution in [3.8, 4) is 5.75 Å². The second-order valence-electron chi connectivity index (χ2n) is 10.3. The van der Waals surface area contributed by atoms with Crippen LogP contribution in [0.15, 0.2) is 55.1 Å². The Hall–Kier alpha value is -4.75. The number of anilines is 1. The molecule has 2 N–H and O–H groups in total. The van der Waals surface area contributed by atoms with Gasteiger partial charge in [0.1, 0.15) is 17.3 Å². The summed E-state index contributed by atoms with van der Waals surface area (Å²) >= 11 is 5.89. The molecule has 0 unspecified atom stereocenters. The van der Waals surface area contributed by atoms with E-state index in [-0.39, 0.29) is 11.6 Å². The monoisotopic (exact) mass is 620 g/mol. The van der Waals surface area contributed by atoms with Gasteiger partial charge in [-0.05, 0) is 49.4 Å². The van der Waals surface area contributed by atoms with Crippen LogP contribution in [0.2, 0.25) is 5.02 Å². The van der Waals surface area contributed by atoms with Gasteiger partial charge in [0, 0.05) is 75.3 Å². The van der Waals surface area contributed by atoms with Gasteiger partial charge in [-0.15, -0.1) is 0 Å². The normalized spacial score (nSPS) is 16.3. The van der Waals surface area contributed by atoms with Crippen molar-refractivity contribution in [2.45, 2.75) is 19.6 Å². The number of ether oxygens (including phenoxy) is 2. The number of amides is 3. The van der Waals surface area contributed by atoms with E-state index in [9.17, 15) is 14.4 Å². The number of likely N-dealkylation sites (N-methyl/N-ethyl adjacent to an activating group) is 1. The fraction of sp³-hybridized carbons (Fsp3) is 0.333. The van der Waals surface area contributed by atoms with Crippen LogP contribution in [0.4, 0.5) is 10.6 Å². The Morgan fingerprint density at radius 3 is 2.57 bits per heavy atom. The molecule has 14 heteroatoms. The number of nitrogens with one attached hydrogen (secondary N) is 2. The average Bonchev–Trinajstić information content (AvgIpc) is 3.55. The molecule has 6 rings (SSSR count). The van der Waals surface area contributed by atoms with Crippen LogP contribution >= 0.6 is 11.6 Å². The lowest BCUT2D eigenvalue weighted by Gasteiger charge is -2.33. The number of piperazine rings is 1. The Bertz CT molecular complexity index is 1640. The van der Waals surface area contributed by atoms with Crippen molar-refractivity contribution in [3.63, 3.8) is 0 Å². The van der Waals surface area contributed by atoms with E-state index in [0.717, 1.165) is 36.2 Å². The minimum absolute atomic E-state index is 0.00224. The van der Waals surface area contributed by atoms with Crippen molar-refractivity contribution in [2.24, 2.45) is 0 Å². The summed E-state index contributed by atoms with van der Waals surface area (Å²) in [6, 6.07) is 9.13. The van der Waals surface area contributed by atoms with Crippen LogP contribution in [0.3, 0.4) is 0 Å². The number of rotatable bonds is 6. The van der Waals surface area contributed by atoms with Crippen LogP contribution in [0, 0.1) is 0 Å². The van der Waals surface area contributed by atoms with E-state index < -0.39 is 18.2 Å². The topological polar surface area (TPSA) is 146 Å². The number of halogens is 1. The summed E-state index contributed by atoms with van der Waals surface area (Å²) < 4.78 is 10.9. The van der Waals surface area contributed by atoms with E-state index in [4.69, 9.17) is 21.1 Å². The molecule has 0 radical (unpaired) electrons. The zero-order chi connectivity index (χ0) is 31.2. The molecule has 1 atom stereocenters. The molecule has 230 valence electrons. The molecular formula is C30H33ClN8O5. The van der Waals surface area contributed by atoms with Crippen molar-refractivity contribution in [3.05, 3.63) is 77.1 Å². The standard InChI is InChI=1S/C17H17ClN6O3.C13H16N2O2/c1-22-6-8-23(9-7-22)17(26)27-16-14-13(19-4-5-20-14)15(25)24(16)12-3-2-11(18)10-21-12;1-9(16)14-6-5-10-8-15-13-4-3-11(17-2)7-12(10)13/h2-5,10,16H,6-9H2,1H3;3-4,7-8,15H,5-6H2,1-2H3,(H,14,16)/t16-;/m0./s1. The number of methoxy groups -OCH3 is 1. The number of hydrogen-bond donors (Lipinski definition) is 2. The predicted octanol–water partition coefficient (Wildman–Crippen LogP) is 3.42. The summed E-state index contributed by atoms with van der Waals surface area (Å²) in [4.78, 5) is 57.0. The number of H-pyrrole nitrogens is 1. The van der Waals surface area contributed by atoms with Crippen molar-refractivity contribution < 1.29 is 23.9 Å². The first-order chi connectivity index (χ1) is 21.2. The molecule has 2 aliphatic rings. The van der Waals surface area contributed by atoms with Crippen LogP contribution in [0.5, 0.6) is 5.75 Å². The number of carbonyl (C=O) groups excluding carboxylic acids is 3. The lowest BCUT2D eigenvalue weighted by atomic mass is 10.1. The lowest BCUT2D eigenvalue weighted by molar-refractivity contribution is -0.118. The molecule has 1 aromatic carbocycles. The van der Waals surface area contributed by atoms with E-state index in [1.165, 1.54) is 36.0 Å². The maximum absolute atomic E-state index is 12.8. The van der Waals surface area contributed by atoms with Gasteiger partial charge in [-0.25, -0.2) is 19.7 Å². The molecule has 0 bridgehead atoms. The Morgan fingerprint density at radius 1 is 1.09 bits per heavy atom. The molecular weight excluding hydrogens is 588 g/mol. The van der Waals surface area contributed by atoms with Crippen LogP contribution in [0.25, 0.3) is 10.9 Å². The highest BCUT2D eigenvalue weighted by atomic mass is 35.5. The molecule has 0 spiro atoms. The highest BCUT2D eigenvalue weighted by Crippen LogP contribution is 2.36. The zero-order valence-corrected chi connectivity index (χ0v) is 25.4. The van der Waals surface area contributed by atoms with Gasteiger partial charge in [0.2, 0.25) is 12.1 Å². The number of pyridine rings is 1. The molecule has 2 aliphatic heterocycles. The van der Waals surface area contributed by atoms with Crippen LogP contribution in [-0.2, 0) is 16.0 Å². The van der Waals surface area contributed by atoms with E-state index in [2.05, 4.69) is 30.2 Å². The van der Waals surface area contributed by atoms with Gasteiger partial charge in [-0.1, -0.05) is 11.6 Å². The number of benzene rings is 1. The summed E-state index contributed by atoms with van der Waals surface area (Å²) in [7, 11) is 3.66. The molecule has 0 aliphatic carbocycles. The summed E-state index contributed by atoms with van der Waals surface area (Å²) in [6.45, 7) is 4.82. The van der Waals surface area contributed by atoms with Crippen LogP contribution in [-0.4, -0.2) is 94.5 Å². The lowest BCUT2D eigenvalue weighted by Crippen LogP contribution is -2.48. The molecule has 13 nitrogen and oxygen atoms in total. The fourth-order valence-electron chi connectivity index (χ4n) is 4.90. The average molecular weight is 621 g/mol. The molecule has 0 saturated carbocycles. The van der Waals surface area contributed by atoms with Gasteiger partial charge < -0.3 is 29.6 Å². The van der Waals surface area contributed by atoms with Gasteiger partial charge >= 0.3 is 6.09 Å². The van der Waals surface area contributed by atoms with E-state index in [1.54, 1.807) is 24.1 Å². The van der Waals surface area contributed by atoms with Crippen LogP contribution < -0.4 is 15.0 Å². The summed E-state index contributed by atoms with van der Waals surface area (Å²) in [6.07, 6.45) is 5.57. The van der Waals surface area contributed by atoms with Gasteiger partial charge in [0.15, 0.2) is 5.69 Å². The SMILES string of the molecule is CN1CCN(C(=O)O[C@H]2c3nccnc3C(=O)N2c2ccc(Cl)cn2)CC1.COc1ccc2[nH]cc(CCNC(C)=O)c2c1. The third-order valence-electron chi connectivity index (χ3n) is 7.29. The highest BCUT2D eigenvalue weighted by Gasteiger charge is 2.44. The third-order valence-corrected chi connectivity index (χ3v) is 7.52. The predicted molar refractivity (Wildman–Crippen MR) is 164 cm³/mol. The molecule has 3 aromatic heterocycles. The molecule has 1 saturated heterocycles. The zero-order valence-electron chi connectivity index (χ0n) is 24.6. The van der Waals surface area contributed by atoms with Gasteiger partial charge in [0.05, 0.1) is 12.1 Å². The van der Waals surface area contributed by atoms with Crippen molar-refractivity contribution >= 4 is 46.2 Å². The summed E-state index contributed by atoms with van der Waals surface area (Å²) in [5, 5.41) is 4.38. The number of carbonyl (C=O) groups is 3. The van der Waals surface area contributed by atoms with Gasteiger partial charge in [-0.3, -0.25) is 14.6 Å². The number of nitrogens with zero attached hydrogens (tertiary/aromatic N) is 6. The van der Waals surface area contributed by atoms with E-state index in [1.807, 2.05) is 31.4 Å². The minimum Gasteiger partial charge on any atom is -0.497 e. The van der Waals surface area contributed by atoms with Crippen molar-refractivity contribution in [2.75, 3.05) is 51.8 Å². The Kier molecular flexibility index (Phi) is 9.56. The fourth-order valence-corrected chi connectivity index (χ4v) is 5.02. The Labute approximate surface area is 259 Å². The maximum Gasteiger partial charge on any atom is 0.412 e. The molecule has 44 heavy (non-hydrogen) atoms. The number of fused-ring (bicyclic) bond motifs is 2. The maximum atomic E-state index is 12.8. The van der Waals surface area contributed by atoms with Crippen molar-refractivity contribution in [1.29, 1.82) is 0 Å². The first kappa shape index (κ1) is 30.7. The second-order valence-corrected chi connectivity index (χ2v) is 10.7. The second kappa shape index (κ2) is 13.7. The molecule has 5 heterocycles. The van der Waals surface area contributed by atoms with E-state index >= 15 is 0 Å². The highest BCUT2D eigenvalue weighted by molar-refractivity contribution is 6.30. The Morgan fingerprint density at radius 2 is 1.86 bits per heavy atom. The van der Waals surface area contributed by atoms with Crippen LogP contribution in [0.1, 0.15) is 34.9 Å². The smallest absolute Gasteiger partial charge is 0.412 e.